The first-order valence-corrected chi connectivity index (χ1v) is 7.47. The molecule has 0 heterocycles. The predicted molar refractivity (Wildman–Crippen MR) is 84.9 cm³/mol. The third-order valence-electron chi connectivity index (χ3n) is 2.73. The van der Waals surface area contributed by atoms with Crippen molar-refractivity contribution in [2.24, 2.45) is 0 Å². The minimum absolute atomic E-state index is 0.343. The van der Waals surface area contributed by atoms with E-state index < -0.39 is 5.97 Å². The van der Waals surface area contributed by atoms with E-state index in [1.165, 1.54) is 7.11 Å². The van der Waals surface area contributed by atoms with Crippen molar-refractivity contribution < 1.29 is 14.3 Å². The molecule has 0 aliphatic carbocycles. The van der Waals surface area contributed by atoms with E-state index in [2.05, 4.69) is 0 Å². The van der Waals surface area contributed by atoms with Crippen molar-refractivity contribution in [1.29, 1.82) is 0 Å². The molecule has 0 fully saturated rings. The number of rotatable bonds is 6. The number of hydrogen-bond acceptors (Lipinski definition) is 5. The van der Waals surface area contributed by atoms with Crippen LogP contribution in [0.3, 0.4) is 0 Å². The molecule has 5 heteroatoms. The van der Waals surface area contributed by atoms with Crippen LogP contribution in [-0.4, -0.2) is 25.4 Å². The van der Waals surface area contributed by atoms with Crippen LogP contribution in [0, 0.1) is 0 Å². The van der Waals surface area contributed by atoms with E-state index in [-0.39, 0.29) is 0 Å². The van der Waals surface area contributed by atoms with Gasteiger partial charge in [0.15, 0.2) is 0 Å². The van der Waals surface area contributed by atoms with Gasteiger partial charge >= 0.3 is 5.97 Å². The van der Waals surface area contributed by atoms with E-state index in [9.17, 15) is 4.79 Å². The average Bonchev–Trinajstić information content (AvgIpc) is 2.51. The number of hydrogen-bond donors (Lipinski definition) is 1. The maximum absolute atomic E-state index is 11.9. The lowest BCUT2D eigenvalue weighted by atomic mass is 10.2. The van der Waals surface area contributed by atoms with Gasteiger partial charge in [0.05, 0.1) is 12.7 Å². The summed E-state index contributed by atoms with van der Waals surface area (Å²) >= 11 is 1.64. The lowest BCUT2D eigenvalue weighted by Crippen LogP contribution is -2.08. The van der Waals surface area contributed by atoms with E-state index in [1.54, 1.807) is 30.0 Å². The summed E-state index contributed by atoms with van der Waals surface area (Å²) < 4.78 is 10.3. The summed E-state index contributed by atoms with van der Waals surface area (Å²) in [5, 5.41) is 0. The molecule has 0 radical (unpaired) electrons. The molecule has 2 N–H and O–H groups in total. The second-order valence-electron chi connectivity index (χ2n) is 4.29. The molecule has 0 aliphatic rings. The monoisotopic (exact) mass is 303 g/mol. The summed E-state index contributed by atoms with van der Waals surface area (Å²) in [6, 6.07) is 14.8. The van der Waals surface area contributed by atoms with Crippen molar-refractivity contribution in [3.05, 3.63) is 54.1 Å². The molecular formula is C16H17NO3S. The van der Waals surface area contributed by atoms with Gasteiger partial charge in [-0.25, -0.2) is 4.79 Å². The minimum atomic E-state index is -0.394. The number of carbonyl (C=O) groups excluding carboxylic acids is 1. The second-order valence-corrected chi connectivity index (χ2v) is 5.46. The van der Waals surface area contributed by atoms with E-state index in [0.717, 1.165) is 4.90 Å². The summed E-state index contributed by atoms with van der Waals surface area (Å²) in [7, 11) is 1.53. The Balaban J connectivity index is 1.83. The Morgan fingerprint density at radius 2 is 1.95 bits per heavy atom. The molecule has 0 aromatic heterocycles. The first kappa shape index (κ1) is 15.3. The summed E-state index contributed by atoms with van der Waals surface area (Å²) in [6.07, 6.45) is 0. The summed E-state index contributed by atoms with van der Waals surface area (Å²) in [5.74, 6) is 0.852. The Morgan fingerprint density at radius 1 is 1.19 bits per heavy atom. The van der Waals surface area contributed by atoms with Crippen LogP contribution in [-0.2, 0) is 4.74 Å². The van der Waals surface area contributed by atoms with E-state index >= 15 is 0 Å². The van der Waals surface area contributed by atoms with Crippen molar-refractivity contribution in [3.8, 4) is 5.75 Å². The molecule has 0 bridgehead atoms. The Kier molecular flexibility index (Phi) is 5.51. The van der Waals surface area contributed by atoms with Crippen LogP contribution in [0.15, 0.2) is 53.4 Å². The lowest BCUT2D eigenvalue weighted by Gasteiger charge is -2.07. The van der Waals surface area contributed by atoms with E-state index in [0.29, 0.717) is 29.4 Å². The highest BCUT2D eigenvalue weighted by atomic mass is 32.2. The van der Waals surface area contributed by atoms with Crippen LogP contribution < -0.4 is 10.5 Å². The number of ether oxygens (including phenoxy) is 2. The number of esters is 1. The molecular weight excluding hydrogens is 286 g/mol. The largest absolute Gasteiger partial charge is 0.497 e. The molecule has 21 heavy (non-hydrogen) atoms. The smallest absolute Gasteiger partial charge is 0.338 e. The predicted octanol–water partition coefficient (Wildman–Crippen LogP) is 3.23. The average molecular weight is 303 g/mol. The molecule has 2 rings (SSSR count). The first-order chi connectivity index (χ1) is 10.2. The quantitative estimate of drug-likeness (QED) is 0.384. The van der Waals surface area contributed by atoms with Gasteiger partial charge in [-0.1, -0.05) is 18.2 Å². The second kappa shape index (κ2) is 7.59. The highest BCUT2D eigenvalue weighted by Gasteiger charge is 2.09. The molecule has 0 atom stereocenters. The molecule has 0 saturated carbocycles. The molecule has 0 unspecified atom stereocenters. The number of benzene rings is 2. The maximum atomic E-state index is 11.9. The summed E-state index contributed by atoms with van der Waals surface area (Å²) in [5.41, 5.74) is 6.58. The molecule has 0 spiro atoms. The van der Waals surface area contributed by atoms with Gasteiger partial charge in [-0.05, 0) is 24.3 Å². The summed E-state index contributed by atoms with van der Waals surface area (Å²) in [6.45, 7) is 0.343. The van der Waals surface area contributed by atoms with Gasteiger partial charge in [-0.3, -0.25) is 0 Å². The van der Waals surface area contributed by atoms with Gasteiger partial charge in [-0.15, -0.1) is 11.8 Å². The number of nitrogens with two attached hydrogens (primary N) is 1. The normalized spacial score (nSPS) is 10.1. The maximum Gasteiger partial charge on any atom is 0.338 e. The molecule has 4 nitrogen and oxygen atoms in total. The summed E-state index contributed by atoms with van der Waals surface area (Å²) in [4.78, 5) is 13.1. The third-order valence-corrected chi connectivity index (χ3v) is 3.70. The van der Waals surface area contributed by atoms with Gasteiger partial charge in [0.25, 0.3) is 0 Å². The molecule has 0 aliphatic heterocycles. The van der Waals surface area contributed by atoms with Crippen molar-refractivity contribution >= 4 is 23.4 Å². The van der Waals surface area contributed by atoms with Crippen molar-refractivity contribution in [2.75, 3.05) is 25.2 Å². The van der Waals surface area contributed by atoms with Crippen molar-refractivity contribution in [1.82, 2.24) is 0 Å². The zero-order chi connectivity index (χ0) is 15.1. The fraction of sp³-hybridized carbons (Fsp3) is 0.188. The fourth-order valence-electron chi connectivity index (χ4n) is 1.75. The van der Waals surface area contributed by atoms with E-state index in [4.69, 9.17) is 15.2 Å². The molecule has 2 aromatic carbocycles. The zero-order valence-corrected chi connectivity index (χ0v) is 12.6. The van der Waals surface area contributed by atoms with Crippen molar-refractivity contribution in [3.63, 3.8) is 0 Å². The third kappa shape index (κ3) is 4.72. The number of nitrogen functional groups attached to an aromatic ring is 1. The van der Waals surface area contributed by atoms with Crippen LogP contribution in [0.2, 0.25) is 0 Å². The van der Waals surface area contributed by atoms with Crippen LogP contribution in [0.25, 0.3) is 0 Å². The van der Waals surface area contributed by atoms with Crippen LogP contribution in [0.4, 0.5) is 5.69 Å². The zero-order valence-electron chi connectivity index (χ0n) is 11.7. The van der Waals surface area contributed by atoms with Gasteiger partial charge < -0.3 is 15.2 Å². The fourth-order valence-corrected chi connectivity index (χ4v) is 2.50. The molecule has 0 saturated heterocycles. The first-order valence-electron chi connectivity index (χ1n) is 6.48. The Bertz CT molecular complexity index is 602. The SMILES string of the molecule is COc1cc(N)cc(C(=O)OCCSc2ccccc2)c1. The van der Waals surface area contributed by atoms with Crippen LogP contribution in [0.5, 0.6) is 5.75 Å². The minimum Gasteiger partial charge on any atom is -0.497 e. The number of anilines is 1. The number of carbonyl (C=O) groups is 1. The van der Waals surface area contributed by atoms with Crippen molar-refractivity contribution in [2.45, 2.75) is 4.90 Å². The van der Waals surface area contributed by atoms with Crippen LogP contribution in [0.1, 0.15) is 10.4 Å². The van der Waals surface area contributed by atoms with Crippen LogP contribution >= 0.6 is 11.8 Å². The highest BCUT2D eigenvalue weighted by Crippen LogP contribution is 2.20. The van der Waals surface area contributed by atoms with Gasteiger partial charge in [0.1, 0.15) is 12.4 Å². The lowest BCUT2D eigenvalue weighted by molar-refractivity contribution is 0.0530. The Labute approximate surface area is 128 Å². The number of thioether (sulfide) groups is 1. The molecule has 110 valence electrons. The highest BCUT2D eigenvalue weighted by molar-refractivity contribution is 7.99. The number of methoxy groups -OCH3 is 1. The van der Waals surface area contributed by atoms with Gasteiger partial charge in [0.2, 0.25) is 0 Å². The standard InChI is InChI=1S/C16H17NO3S/c1-19-14-10-12(9-13(17)11-14)16(18)20-7-8-21-15-5-3-2-4-6-15/h2-6,9-11H,7-8,17H2,1H3. The van der Waals surface area contributed by atoms with Gasteiger partial charge in [0, 0.05) is 22.4 Å². The Hall–Kier alpha value is -2.14. The molecule has 0 amide bonds. The Morgan fingerprint density at radius 3 is 2.67 bits per heavy atom. The van der Waals surface area contributed by atoms with Gasteiger partial charge in [-0.2, -0.15) is 0 Å². The molecule has 2 aromatic rings. The topological polar surface area (TPSA) is 61.5 Å². The van der Waals surface area contributed by atoms with E-state index in [1.807, 2.05) is 30.3 Å².